The van der Waals surface area contributed by atoms with Crippen LogP contribution in [0.2, 0.25) is 0 Å². The van der Waals surface area contributed by atoms with Gasteiger partial charge >= 0.3 is 0 Å². The van der Waals surface area contributed by atoms with E-state index in [0.29, 0.717) is 17.0 Å². The lowest BCUT2D eigenvalue weighted by atomic mass is 10.2. The van der Waals surface area contributed by atoms with Gasteiger partial charge in [-0.05, 0) is 36.8 Å². The maximum absolute atomic E-state index is 12.0. The molecule has 0 aliphatic carbocycles. The molecule has 0 radical (unpaired) electrons. The van der Waals surface area contributed by atoms with Crippen molar-refractivity contribution in [3.05, 3.63) is 54.2 Å². The molecule has 0 spiro atoms. The number of sulfone groups is 1. The first kappa shape index (κ1) is 17.0. The normalized spacial score (nSPS) is 11.4. The molecule has 130 valence electrons. The fraction of sp³-hybridized carbons (Fsp3) is 0.167. The van der Waals surface area contributed by atoms with Gasteiger partial charge in [-0.1, -0.05) is 25.1 Å². The Kier molecular flexibility index (Phi) is 4.50. The number of nitrogens with zero attached hydrogens (tertiary/aromatic N) is 1. The van der Waals surface area contributed by atoms with Gasteiger partial charge in [0.05, 0.1) is 16.8 Å². The number of phenolic OH excluding ortho intramolecular Hbond substituents is 1. The van der Waals surface area contributed by atoms with Gasteiger partial charge in [0, 0.05) is 11.3 Å². The topological polar surface area (TPSA) is 92.4 Å². The summed E-state index contributed by atoms with van der Waals surface area (Å²) in [6.07, 6.45) is 1.54. The predicted molar refractivity (Wildman–Crippen MR) is 95.8 cm³/mol. The zero-order valence-corrected chi connectivity index (χ0v) is 14.7. The number of anilines is 2. The van der Waals surface area contributed by atoms with Gasteiger partial charge in [0.25, 0.3) is 6.01 Å². The van der Waals surface area contributed by atoms with Crippen molar-refractivity contribution in [3.63, 3.8) is 0 Å². The zero-order chi connectivity index (χ0) is 18.0. The third-order valence-electron chi connectivity index (χ3n) is 3.83. The van der Waals surface area contributed by atoms with Gasteiger partial charge in [0.1, 0.15) is 5.75 Å². The summed E-state index contributed by atoms with van der Waals surface area (Å²) < 4.78 is 29.7. The van der Waals surface area contributed by atoms with Crippen molar-refractivity contribution in [1.29, 1.82) is 0 Å². The van der Waals surface area contributed by atoms with E-state index in [1.54, 1.807) is 55.6 Å². The second kappa shape index (κ2) is 6.60. The fourth-order valence-corrected chi connectivity index (χ4v) is 3.24. The molecule has 3 aromatic rings. The highest BCUT2D eigenvalue weighted by atomic mass is 32.2. The maximum Gasteiger partial charge on any atom is 0.299 e. The molecule has 0 saturated heterocycles. The molecule has 6 nitrogen and oxygen atoms in total. The van der Waals surface area contributed by atoms with Crippen LogP contribution in [0, 0.1) is 6.92 Å². The molecular formula is C18H18N2O4S. The van der Waals surface area contributed by atoms with Gasteiger partial charge < -0.3 is 14.8 Å². The number of rotatable bonds is 5. The summed E-state index contributed by atoms with van der Waals surface area (Å²) in [5.74, 6) is 0.668. The van der Waals surface area contributed by atoms with Crippen LogP contribution < -0.4 is 5.32 Å². The standard InChI is InChI=1S/C18H18N2O4S/c1-3-25(22,23)15-8-7-12(2)16(10-15)20-18-19-11-17(24-18)13-5-4-6-14(21)9-13/h4-11,21H,3H2,1-2H3,(H,19,20). The Morgan fingerprint density at radius 1 is 1.20 bits per heavy atom. The van der Waals surface area contributed by atoms with Gasteiger partial charge in [-0.15, -0.1) is 0 Å². The highest BCUT2D eigenvalue weighted by molar-refractivity contribution is 7.91. The van der Waals surface area contributed by atoms with Crippen molar-refractivity contribution in [2.24, 2.45) is 0 Å². The quantitative estimate of drug-likeness (QED) is 0.719. The first-order valence-electron chi connectivity index (χ1n) is 7.74. The van der Waals surface area contributed by atoms with Crippen LogP contribution >= 0.6 is 0 Å². The van der Waals surface area contributed by atoms with Gasteiger partial charge in [-0.3, -0.25) is 0 Å². The van der Waals surface area contributed by atoms with E-state index in [0.717, 1.165) is 5.56 Å². The predicted octanol–water partition coefficient (Wildman–Crippen LogP) is 3.89. The summed E-state index contributed by atoms with van der Waals surface area (Å²) in [6.45, 7) is 3.47. The first-order valence-corrected chi connectivity index (χ1v) is 9.40. The number of hydrogen-bond acceptors (Lipinski definition) is 6. The lowest BCUT2D eigenvalue weighted by Gasteiger charge is -2.09. The van der Waals surface area contributed by atoms with Crippen molar-refractivity contribution < 1.29 is 17.9 Å². The van der Waals surface area contributed by atoms with Crippen molar-refractivity contribution >= 4 is 21.5 Å². The molecule has 0 saturated carbocycles. The minimum atomic E-state index is -3.29. The molecule has 1 heterocycles. The summed E-state index contributed by atoms with van der Waals surface area (Å²) >= 11 is 0. The lowest BCUT2D eigenvalue weighted by molar-refractivity contribution is 0.475. The van der Waals surface area contributed by atoms with Crippen molar-refractivity contribution in [3.8, 4) is 17.1 Å². The Morgan fingerprint density at radius 2 is 2.00 bits per heavy atom. The zero-order valence-electron chi connectivity index (χ0n) is 13.9. The Bertz CT molecular complexity index is 1010. The lowest BCUT2D eigenvalue weighted by Crippen LogP contribution is -2.05. The monoisotopic (exact) mass is 358 g/mol. The molecular weight excluding hydrogens is 340 g/mol. The van der Waals surface area contributed by atoms with Crippen LogP contribution in [0.4, 0.5) is 11.7 Å². The second-order valence-electron chi connectivity index (χ2n) is 5.59. The Balaban J connectivity index is 1.90. The Labute approximate surface area is 146 Å². The van der Waals surface area contributed by atoms with Crippen LogP contribution in [-0.4, -0.2) is 24.3 Å². The third kappa shape index (κ3) is 3.66. The Hall–Kier alpha value is -2.80. The molecule has 25 heavy (non-hydrogen) atoms. The summed E-state index contributed by atoms with van der Waals surface area (Å²) in [4.78, 5) is 4.41. The van der Waals surface area contributed by atoms with E-state index in [4.69, 9.17) is 4.42 Å². The molecule has 0 amide bonds. The third-order valence-corrected chi connectivity index (χ3v) is 5.56. The average molecular weight is 358 g/mol. The van der Waals surface area contributed by atoms with E-state index in [9.17, 15) is 13.5 Å². The minimum absolute atomic E-state index is 0.0378. The van der Waals surface area contributed by atoms with Gasteiger partial charge in [0.2, 0.25) is 0 Å². The van der Waals surface area contributed by atoms with Crippen molar-refractivity contribution in [1.82, 2.24) is 4.98 Å². The van der Waals surface area contributed by atoms with Crippen molar-refractivity contribution in [2.45, 2.75) is 18.7 Å². The van der Waals surface area contributed by atoms with Crippen LogP contribution in [0.5, 0.6) is 5.75 Å². The van der Waals surface area contributed by atoms with E-state index >= 15 is 0 Å². The summed E-state index contributed by atoms with van der Waals surface area (Å²) in [5, 5.41) is 12.6. The van der Waals surface area contributed by atoms with E-state index in [1.807, 2.05) is 6.92 Å². The smallest absolute Gasteiger partial charge is 0.299 e. The summed E-state index contributed by atoms with van der Waals surface area (Å²) in [5.41, 5.74) is 2.17. The van der Waals surface area contributed by atoms with Crippen LogP contribution in [0.3, 0.4) is 0 Å². The Morgan fingerprint density at radius 3 is 2.72 bits per heavy atom. The summed E-state index contributed by atoms with van der Waals surface area (Å²) in [6, 6.07) is 11.8. The molecule has 2 aromatic carbocycles. The fourth-order valence-electron chi connectivity index (χ4n) is 2.34. The second-order valence-corrected chi connectivity index (χ2v) is 7.86. The number of hydrogen-bond donors (Lipinski definition) is 2. The molecule has 0 unspecified atom stereocenters. The number of aryl methyl sites for hydroxylation is 1. The van der Waals surface area contributed by atoms with Crippen LogP contribution in [0.15, 0.2) is 58.0 Å². The van der Waals surface area contributed by atoms with Gasteiger partial charge in [-0.2, -0.15) is 0 Å². The van der Waals surface area contributed by atoms with E-state index < -0.39 is 9.84 Å². The molecule has 0 bridgehead atoms. The molecule has 0 aliphatic heterocycles. The van der Waals surface area contributed by atoms with E-state index in [2.05, 4.69) is 10.3 Å². The average Bonchev–Trinajstić information content (AvgIpc) is 3.05. The van der Waals surface area contributed by atoms with Crippen LogP contribution in [0.25, 0.3) is 11.3 Å². The molecule has 0 atom stereocenters. The molecule has 2 N–H and O–H groups in total. The molecule has 0 fully saturated rings. The summed E-state index contributed by atoms with van der Waals surface area (Å²) in [7, 11) is -3.29. The van der Waals surface area contributed by atoms with E-state index in [-0.39, 0.29) is 22.4 Å². The highest BCUT2D eigenvalue weighted by Gasteiger charge is 2.14. The number of nitrogens with one attached hydrogen (secondary N) is 1. The SMILES string of the molecule is CCS(=O)(=O)c1ccc(C)c(Nc2ncc(-c3cccc(O)c3)o2)c1. The molecule has 3 rings (SSSR count). The minimum Gasteiger partial charge on any atom is -0.508 e. The maximum atomic E-state index is 12.0. The van der Waals surface area contributed by atoms with Crippen LogP contribution in [-0.2, 0) is 9.84 Å². The van der Waals surface area contributed by atoms with Crippen molar-refractivity contribution in [2.75, 3.05) is 11.1 Å². The molecule has 0 aliphatic rings. The molecule has 7 heteroatoms. The number of aromatic hydroxyl groups is 1. The highest BCUT2D eigenvalue weighted by Crippen LogP contribution is 2.28. The molecule has 1 aromatic heterocycles. The van der Waals surface area contributed by atoms with Crippen LogP contribution in [0.1, 0.15) is 12.5 Å². The van der Waals surface area contributed by atoms with Gasteiger partial charge in [0.15, 0.2) is 15.6 Å². The number of aromatic nitrogens is 1. The van der Waals surface area contributed by atoms with Gasteiger partial charge in [-0.25, -0.2) is 13.4 Å². The largest absolute Gasteiger partial charge is 0.508 e. The number of phenols is 1. The van der Waals surface area contributed by atoms with E-state index in [1.165, 1.54) is 0 Å². The first-order chi connectivity index (χ1) is 11.9. The number of benzene rings is 2. The number of oxazole rings is 1.